The van der Waals surface area contributed by atoms with Gasteiger partial charge in [0.05, 0.1) is 0 Å². The second-order valence-electron chi connectivity index (χ2n) is 6.66. The van der Waals surface area contributed by atoms with Crippen molar-refractivity contribution in [2.75, 3.05) is 19.6 Å². The van der Waals surface area contributed by atoms with Gasteiger partial charge in [-0.2, -0.15) is 0 Å². The van der Waals surface area contributed by atoms with Crippen LogP contribution in [0.3, 0.4) is 0 Å². The van der Waals surface area contributed by atoms with Gasteiger partial charge in [-0.05, 0) is 24.8 Å². The van der Waals surface area contributed by atoms with E-state index in [1.165, 1.54) is 19.4 Å². The number of rotatable bonds is 5. The molecule has 1 saturated heterocycles. The maximum absolute atomic E-state index is 12.1. The summed E-state index contributed by atoms with van der Waals surface area (Å²) in [5, 5.41) is 0. The molecule has 3 nitrogen and oxygen atoms in total. The molecule has 0 spiro atoms. The van der Waals surface area contributed by atoms with Crippen LogP contribution in [-0.2, 0) is 4.79 Å². The molecule has 0 aromatic heterocycles. The Morgan fingerprint density at radius 1 is 1.11 bits per heavy atom. The maximum atomic E-state index is 12.1. The maximum Gasteiger partial charge on any atom is 0.220 e. The van der Waals surface area contributed by atoms with Crippen molar-refractivity contribution in [3.05, 3.63) is 0 Å². The van der Waals surface area contributed by atoms with Crippen LogP contribution in [-0.4, -0.2) is 47.4 Å². The first kappa shape index (κ1) is 16.5. The Labute approximate surface area is 119 Å². The van der Waals surface area contributed by atoms with Crippen molar-refractivity contribution < 1.29 is 4.79 Å². The van der Waals surface area contributed by atoms with E-state index in [0.29, 0.717) is 23.9 Å². The molecule has 1 amide bonds. The Kier molecular flexibility index (Phi) is 6.31. The summed E-state index contributed by atoms with van der Waals surface area (Å²) in [7, 11) is 0. The molecule has 3 heteroatoms. The second kappa shape index (κ2) is 7.28. The Balaban J connectivity index is 2.87. The quantitative estimate of drug-likeness (QED) is 0.765. The molecule has 0 aromatic carbocycles. The SMILES string of the molecule is CCCCN1CC(C(C)C)N(C(C)=O)C(C(C)C)C1. The van der Waals surface area contributed by atoms with E-state index in [0.717, 1.165) is 13.1 Å². The average Bonchev–Trinajstić information content (AvgIpc) is 2.34. The van der Waals surface area contributed by atoms with Crippen LogP contribution in [0.25, 0.3) is 0 Å². The van der Waals surface area contributed by atoms with Crippen LogP contribution in [0.15, 0.2) is 0 Å². The summed E-state index contributed by atoms with van der Waals surface area (Å²) in [6.45, 7) is 16.2. The Morgan fingerprint density at radius 2 is 1.58 bits per heavy atom. The van der Waals surface area contributed by atoms with Crippen molar-refractivity contribution in [3.63, 3.8) is 0 Å². The highest BCUT2D eigenvalue weighted by atomic mass is 16.2. The van der Waals surface area contributed by atoms with Crippen LogP contribution in [0.4, 0.5) is 0 Å². The molecule has 0 bridgehead atoms. The summed E-state index contributed by atoms with van der Waals surface area (Å²) in [5.41, 5.74) is 0. The molecular formula is C16H32N2O. The predicted molar refractivity (Wildman–Crippen MR) is 81.1 cm³/mol. The zero-order valence-electron chi connectivity index (χ0n) is 13.6. The van der Waals surface area contributed by atoms with Gasteiger partial charge in [-0.15, -0.1) is 0 Å². The number of piperazine rings is 1. The molecule has 2 atom stereocenters. The molecule has 0 aliphatic carbocycles. The fourth-order valence-corrected chi connectivity index (χ4v) is 3.12. The molecule has 112 valence electrons. The van der Waals surface area contributed by atoms with E-state index >= 15 is 0 Å². The lowest BCUT2D eigenvalue weighted by molar-refractivity contribution is -0.141. The van der Waals surface area contributed by atoms with Crippen molar-refractivity contribution in [2.24, 2.45) is 11.8 Å². The highest BCUT2D eigenvalue weighted by Crippen LogP contribution is 2.26. The molecule has 2 unspecified atom stereocenters. The molecule has 0 saturated carbocycles. The Hall–Kier alpha value is -0.570. The third-order valence-electron chi connectivity index (χ3n) is 4.34. The van der Waals surface area contributed by atoms with Gasteiger partial charge in [-0.1, -0.05) is 41.0 Å². The van der Waals surface area contributed by atoms with E-state index in [1.54, 1.807) is 6.92 Å². The van der Waals surface area contributed by atoms with Crippen molar-refractivity contribution in [2.45, 2.75) is 66.5 Å². The molecule has 0 N–H and O–H groups in total. The van der Waals surface area contributed by atoms with E-state index in [2.05, 4.69) is 44.4 Å². The van der Waals surface area contributed by atoms with Crippen molar-refractivity contribution in [1.29, 1.82) is 0 Å². The van der Waals surface area contributed by atoms with Gasteiger partial charge in [0.2, 0.25) is 5.91 Å². The zero-order valence-corrected chi connectivity index (χ0v) is 13.6. The molecule has 1 aliphatic heterocycles. The van der Waals surface area contributed by atoms with E-state index in [9.17, 15) is 4.79 Å². The average molecular weight is 268 g/mol. The summed E-state index contributed by atoms with van der Waals surface area (Å²) in [6.07, 6.45) is 2.50. The molecular weight excluding hydrogens is 236 g/mol. The van der Waals surface area contributed by atoms with E-state index < -0.39 is 0 Å². The number of carbonyl (C=O) groups is 1. The fraction of sp³-hybridized carbons (Fsp3) is 0.938. The number of nitrogens with zero attached hydrogens (tertiary/aromatic N) is 2. The smallest absolute Gasteiger partial charge is 0.220 e. The second-order valence-corrected chi connectivity index (χ2v) is 6.66. The van der Waals surface area contributed by atoms with E-state index in [-0.39, 0.29) is 5.91 Å². The van der Waals surface area contributed by atoms with Crippen LogP contribution in [0.5, 0.6) is 0 Å². The van der Waals surface area contributed by atoms with E-state index in [1.807, 2.05) is 0 Å². The van der Waals surface area contributed by atoms with Gasteiger partial charge in [0.15, 0.2) is 0 Å². The Morgan fingerprint density at radius 3 is 1.89 bits per heavy atom. The predicted octanol–water partition coefficient (Wildman–Crippen LogP) is 3.00. The van der Waals surface area contributed by atoms with Gasteiger partial charge in [0, 0.05) is 32.1 Å². The van der Waals surface area contributed by atoms with E-state index in [4.69, 9.17) is 0 Å². The topological polar surface area (TPSA) is 23.6 Å². The number of amides is 1. The lowest BCUT2D eigenvalue weighted by atomic mass is 9.91. The van der Waals surface area contributed by atoms with Crippen LogP contribution < -0.4 is 0 Å². The standard InChI is InChI=1S/C16H32N2O/c1-7-8-9-17-10-15(12(2)3)18(14(6)19)16(11-17)13(4)5/h12-13,15-16H,7-11H2,1-6H3. The van der Waals surface area contributed by atoms with Gasteiger partial charge in [-0.3, -0.25) is 9.69 Å². The zero-order chi connectivity index (χ0) is 14.6. The number of hydrogen-bond acceptors (Lipinski definition) is 2. The molecule has 1 heterocycles. The third kappa shape index (κ3) is 4.20. The summed E-state index contributed by atoms with van der Waals surface area (Å²) >= 11 is 0. The molecule has 1 fully saturated rings. The van der Waals surface area contributed by atoms with Crippen LogP contribution in [0, 0.1) is 11.8 Å². The molecule has 1 aliphatic rings. The van der Waals surface area contributed by atoms with Gasteiger partial charge in [-0.25, -0.2) is 0 Å². The van der Waals surface area contributed by atoms with Gasteiger partial charge < -0.3 is 4.90 Å². The first-order valence-corrected chi connectivity index (χ1v) is 7.89. The van der Waals surface area contributed by atoms with Crippen molar-refractivity contribution in [3.8, 4) is 0 Å². The van der Waals surface area contributed by atoms with Crippen LogP contribution in [0.2, 0.25) is 0 Å². The van der Waals surface area contributed by atoms with Crippen LogP contribution in [0.1, 0.15) is 54.4 Å². The Bertz CT molecular complexity index is 270. The van der Waals surface area contributed by atoms with Crippen molar-refractivity contribution >= 4 is 5.91 Å². The minimum absolute atomic E-state index is 0.243. The fourth-order valence-electron chi connectivity index (χ4n) is 3.12. The van der Waals surface area contributed by atoms with Crippen LogP contribution >= 0.6 is 0 Å². The molecule has 1 rings (SSSR count). The third-order valence-corrected chi connectivity index (χ3v) is 4.34. The summed E-state index contributed by atoms with van der Waals surface area (Å²) in [5.74, 6) is 1.29. The highest BCUT2D eigenvalue weighted by molar-refractivity contribution is 5.74. The van der Waals surface area contributed by atoms with Crippen molar-refractivity contribution in [1.82, 2.24) is 9.80 Å². The first-order chi connectivity index (χ1) is 8.88. The number of unbranched alkanes of at least 4 members (excludes halogenated alkanes) is 1. The lowest BCUT2D eigenvalue weighted by Gasteiger charge is -2.49. The first-order valence-electron chi connectivity index (χ1n) is 7.89. The minimum atomic E-state index is 0.243. The number of hydrogen-bond donors (Lipinski definition) is 0. The number of carbonyl (C=O) groups excluding carboxylic acids is 1. The molecule has 19 heavy (non-hydrogen) atoms. The summed E-state index contributed by atoms with van der Waals surface area (Å²) < 4.78 is 0. The van der Waals surface area contributed by atoms with Gasteiger partial charge in [0.1, 0.15) is 0 Å². The van der Waals surface area contributed by atoms with Gasteiger partial charge in [0.25, 0.3) is 0 Å². The normalized spacial score (nSPS) is 25.4. The largest absolute Gasteiger partial charge is 0.334 e. The summed E-state index contributed by atoms with van der Waals surface area (Å²) in [4.78, 5) is 16.8. The monoisotopic (exact) mass is 268 g/mol. The summed E-state index contributed by atoms with van der Waals surface area (Å²) in [6, 6.07) is 0.742. The molecule has 0 radical (unpaired) electrons. The lowest BCUT2D eigenvalue weighted by Crippen LogP contribution is -2.63. The molecule has 0 aromatic rings. The minimum Gasteiger partial charge on any atom is -0.334 e. The highest BCUT2D eigenvalue weighted by Gasteiger charge is 2.38. The van der Waals surface area contributed by atoms with Gasteiger partial charge >= 0.3 is 0 Å².